The third kappa shape index (κ3) is 2.93. The van der Waals surface area contributed by atoms with Gasteiger partial charge in [-0.1, -0.05) is 24.4 Å². The molecule has 7 heteroatoms. The molecule has 3 N–H and O–H groups in total. The van der Waals surface area contributed by atoms with E-state index in [2.05, 4.69) is 0 Å². The Kier molecular flexibility index (Phi) is 4.59. The van der Waals surface area contributed by atoms with Crippen LogP contribution in [0, 0.1) is 0 Å². The van der Waals surface area contributed by atoms with E-state index in [1.54, 1.807) is 0 Å². The SMILES string of the molecule is CN(C1CCCCC1O)S(=O)(=O)c1ccc(Cl)c(N)c1. The van der Waals surface area contributed by atoms with Crippen molar-refractivity contribution in [2.75, 3.05) is 12.8 Å². The summed E-state index contributed by atoms with van der Waals surface area (Å²) < 4.78 is 26.4. The van der Waals surface area contributed by atoms with Crippen molar-refractivity contribution in [3.63, 3.8) is 0 Å². The van der Waals surface area contributed by atoms with E-state index < -0.39 is 16.1 Å². The number of aliphatic hydroxyl groups is 1. The number of rotatable bonds is 3. The maximum absolute atomic E-state index is 12.6. The van der Waals surface area contributed by atoms with E-state index in [4.69, 9.17) is 17.3 Å². The lowest BCUT2D eigenvalue weighted by Crippen LogP contribution is -2.46. The van der Waals surface area contributed by atoms with Crippen LogP contribution in [-0.4, -0.2) is 37.0 Å². The quantitative estimate of drug-likeness (QED) is 0.833. The number of aliphatic hydroxyl groups excluding tert-OH is 1. The Balaban J connectivity index is 2.31. The summed E-state index contributed by atoms with van der Waals surface area (Å²) in [6.45, 7) is 0. The fourth-order valence-corrected chi connectivity index (χ4v) is 4.11. The molecule has 1 fully saturated rings. The summed E-state index contributed by atoms with van der Waals surface area (Å²) in [4.78, 5) is 0.0969. The van der Waals surface area contributed by atoms with Crippen molar-refractivity contribution in [2.45, 2.75) is 42.7 Å². The van der Waals surface area contributed by atoms with Gasteiger partial charge >= 0.3 is 0 Å². The molecule has 0 aliphatic heterocycles. The van der Waals surface area contributed by atoms with Crippen molar-refractivity contribution in [2.24, 2.45) is 0 Å². The zero-order valence-corrected chi connectivity index (χ0v) is 12.9. The van der Waals surface area contributed by atoms with Crippen LogP contribution in [0.15, 0.2) is 23.1 Å². The van der Waals surface area contributed by atoms with Crippen LogP contribution in [0.25, 0.3) is 0 Å². The molecular weight excluding hydrogens is 300 g/mol. The predicted molar refractivity (Wildman–Crippen MR) is 79.1 cm³/mol. The van der Waals surface area contributed by atoms with Gasteiger partial charge in [0.2, 0.25) is 10.0 Å². The highest BCUT2D eigenvalue weighted by Crippen LogP contribution is 2.29. The van der Waals surface area contributed by atoms with E-state index in [0.29, 0.717) is 17.9 Å². The Labute approximate surface area is 124 Å². The van der Waals surface area contributed by atoms with Gasteiger partial charge in [-0.25, -0.2) is 8.42 Å². The number of anilines is 1. The molecule has 1 aliphatic carbocycles. The van der Waals surface area contributed by atoms with Gasteiger partial charge in [0.05, 0.1) is 27.8 Å². The highest BCUT2D eigenvalue weighted by atomic mass is 35.5. The Morgan fingerprint density at radius 1 is 1.35 bits per heavy atom. The normalized spacial score (nSPS) is 24.0. The van der Waals surface area contributed by atoms with Crippen molar-refractivity contribution in [3.05, 3.63) is 23.2 Å². The van der Waals surface area contributed by atoms with Crippen molar-refractivity contribution < 1.29 is 13.5 Å². The molecule has 5 nitrogen and oxygen atoms in total. The van der Waals surface area contributed by atoms with Crippen LogP contribution in [-0.2, 0) is 10.0 Å². The molecule has 1 aromatic carbocycles. The van der Waals surface area contributed by atoms with E-state index in [-0.39, 0.29) is 16.6 Å². The van der Waals surface area contributed by atoms with Crippen LogP contribution in [0.3, 0.4) is 0 Å². The highest BCUT2D eigenvalue weighted by molar-refractivity contribution is 7.89. The minimum atomic E-state index is -3.68. The van der Waals surface area contributed by atoms with Gasteiger partial charge in [-0.2, -0.15) is 4.31 Å². The summed E-state index contributed by atoms with van der Waals surface area (Å²) in [5, 5.41) is 10.3. The molecule has 1 saturated carbocycles. The third-order valence-electron chi connectivity index (χ3n) is 3.81. The standard InChI is InChI=1S/C13H19ClN2O3S/c1-16(12-4-2-3-5-13(12)17)20(18,19)9-6-7-10(14)11(15)8-9/h6-8,12-13,17H,2-5,15H2,1H3. The van der Waals surface area contributed by atoms with Gasteiger partial charge in [0.1, 0.15) is 0 Å². The molecule has 20 heavy (non-hydrogen) atoms. The van der Waals surface area contributed by atoms with Gasteiger partial charge in [-0.3, -0.25) is 0 Å². The van der Waals surface area contributed by atoms with Crippen molar-refractivity contribution in [1.29, 1.82) is 0 Å². The van der Waals surface area contributed by atoms with E-state index in [1.165, 1.54) is 29.6 Å². The second-order valence-corrected chi connectivity index (χ2v) is 7.53. The number of sulfonamides is 1. The summed E-state index contributed by atoms with van der Waals surface area (Å²) in [6.07, 6.45) is 2.53. The minimum Gasteiger partial charge on any atom is -0.397 e. The van der Waals surface area contributed by atoms with Crippen molar-refractivity contribution in [3.8, 4) is 0 Å². The fourth-order valence-electron chi connectivity index (χ4n) is 2.54. The average molecular weight is 319 g/mol. The van der Waals surface area contributed by atoms with Gasteiger partial charge in [0.25, 0.3) is 0 Å². The average Bonchev–Trinajstić information content (AvgIpc) is 2.41. The molecule has 1 aromatic rings. The first-order valence-corrected chi connectivity index (χ1v) is 8.37. The van der Waals surface area contributed by atoms with Gasteiger partial charge in [0.15, 0.2) is 0 Å². The molecule has 2 rings (SSSR count). The third-order valence-corrected chi connectivity index (χ3v) is 6.03. The number of hydrogen-bond donors (Lipinski definition) is 2. The summed E-state index contributed by atoms with van der Waals surface area (Å²) >= 11 is 5.81. The molecular formula is C13H19ClN2O3S. The van der Waals surface area contributed by atoms with Gasteiger partial charge < -0.3 is 10.8 Å². The first-order valence-electron chi connectivity index (χ1n) is 6.55. The second-order valence-electron chi connectivity index (χ2n) is 5.12. The zero-order valence-electron chi connectivity index (χ0n) is 11.3. The Morgan fingerprint density at radius 3 is 2.60 bits per heavy atom. The number of nitrogens with two attached hydrogens (primary N) is 1. The maximum atomic E-state index is 12.6. The predicted octanol–water partition coefficient (Wildman–Crippen LogP) is 1.85. The molecule has 1 aliphatic rings. The molecule has 0 heterocycles. The summed E-state index contributed by atoms with van der Waals surface area (Å²) in [6, 6.07) is 3.86. The molecule has 0 saturated heterocycles. The number of nitrogen functional groups attached to an aromatic ring is 1. The van der Waals surface area contributed by atoms with Crippen LogP contribution >= 0.6 is 11.6 Å². The monoisotopic (exact) mass is 318 g/mol. The van der Waals surface area contributed by atoms with Crippen LogP contribution in [0.1, 0.15) is 25.7 Å². The minimum absolute atomic E-state index is 0.0969. The number of nitrogens with zero attached hydrogens (tertiary/aromatic N) is 1. The van der Waals surface area contributed by atoms with Gasteiger partial charge in [-0.05, 0) is 31.0 Å². The van der Waals surface area contributed by atoms with Crippen LogP contribution < -0.4 is 5.73 Å². The van der Waals surface area contributed by atoms with Crippen molar-refractivity contribution in [1.82, 2.24) is 4.31 Å². The van der Waals surface area contributed by atoms with Gasteiger partial charge in [-0.15, -0.1) is 0 Å². The number of halogens is 1. The molecule has 0 aromatic heterocycles. The molecule has 0 radical (unpaired) electrons. The van der Waals surface area contributed by atoms with Gasteiger partial charge in [0, 0.05) is 7.05 Å². The first kappa shape index (κ1) is 15.6. The molecule has 0 bridgehead atoms. The molecule has 2 unspecified atom stereocenters. The zero-order chi connectivity index (χ0) is 14.9. The summed E-state index contributed by atoms with van der Waals surface area (Å²) in [5.74, 6) is 0. The molecule has 0 amide bonds. The molecule has 0 spiro atoms. The van der Waals surface area contributed by atoms with E-state index >= 15 is 0 Å². The van der Waals surface area contributed by atoms with Crippen molar-refractivity contribution >= 4 is 27.3 Å². The number of hydrogen-bond acceptors (Lipinski definition) is 4. The number of benzene rings is 1. The Bertz CT molecular complexity index is 591. The molecule has 2 atom stereocenters. The number of likely N-dealkylation sites (N-methyl/N-ethyl adjacent to an activating group) is 1. The maximum Gasteiger partial charge on any atom is 0.243 e. The van der Waals surface area contributed by atoms with Crippen LogP contribution in [0.5, 0.6) is 0 Å². The first-order chi connectivity index (χ1) is 9.34. The van der Waals surface area contributed by atoms with E-state index in [0.717, 1.165) is 12.8 Å². The Hall–Kier alpha value is -0.820. The second kappa shape index (κ2) is 5.89. The molecule has 112 valence electrons. The fraction of sp³-hybridized carbons (Fsp3) is 0.538. The topological polar surface area (TPSA) is 83.6 Å². The summed E-state index contributed by atoms with van der Waals surface area (Å²) in [5.41, 5.74) is 5.89. The lowest BCUT2D eigenvalue weighted by molar-refractivity contribution is 0.0638. The van der Waals surface area contributed by atoms with Crippen LogP contribution in [0.4, 0.5) is 5.69 Å². The van der Waals surface area contributed by atoms with E-state index in [1.807, 2.05) is 0 Å². The van der Waals surface area contributed by atoms with Crippen LogP contribution in [0.2, 0.25) is 5.02 Å². The lowest BCUT2D eigenvalue weighted by atomic mass is 9.93. The smallest absolute Gasteiger partial charge is 0.243 e. The van der Waals surface area contributed by atoms with E-state index in [9.17, 15) is 13.5 Å². The Morgan fingerprint density at radius 2 is 2.00 bits per heavy atom. The summed E-state index contributed by atoms with van der Waals surface area (Å²) in [7, 11) is -2.18. The highest BCUT2D eigenvalue weighted by Gasteiger charge is 2.34. The largest absolute Gasteiger partial charge is 0.397 e. The lowest BCUT2D eigenvalue weighted by Gasteiger charge is -2.34.